The molecule has 4 rings (SSSR count). The van der Waals surface area contributed by atoms with E-state index in [0.29, 0.717) is 0 Å². The van der Waals surface area contributed by atoms with Crippen LogP contribution in [0.2, 0.25) is 0 Å². The number of carbonyl (C=O) groups is 2. The lowest BCUT2D eigenvalue weighted by atomic mass is 9.98. The number of ether oxygens (including phenoxy) is 1. The van der Waals surface area contributed by atoms with E-state index in [1.165, 1.54) is 22.9 Å². The summed E-state index contributed by atoms with van der Waals surface area (Å²) in [4.78, 5) is 24.0. The van der Waals surface area contributed by atoms with Crippen LogP contribution in [0.3, 0.4) is 0 Å². The van der Waals surface area contributed by atoms with Gasteiger partial charge in [-0.15, -0.1) is 11.8 Å². The summed E-state index contributed by atoms with van der Waals surface area (Å²) < 4.78 is 5.05. The van der Waals surface area contributed by atoms with E-state index in [1.807, 2.05) is 38.1 Å². The number of carboxylic acids is 1. The Hall–Kier alpha value is -2.31. The molecule has 27 heavy (non-hydrogen) atoms. The summed E-state index contributed by atoms with van der Waals surface area (Å²) in [5.41, 5.74) is 4.66. The van der Waals surface area contributed by atoms with Gasteiger partial charge in [-0.2, -0.15) is 0 Å². The predicted molar refractivity (Wildman–Crippen MR) is 105 cm³/mol. The fourth-order valence-corrected chi connectivity index (χ4v) is 5.20. The third kappa shape index (κ3) is 3.13. The van der Waals surface area contributed by atoms with E-state index >= 15 is 0 Å². The molecule has 1 aliphatic carbocycles. The Morgan fingerprint density at radius 3 is 2.15 bits per heavy atom. The van der Waals surface area contributed by atoms with Crippen LogP contribution < -0.4 is 5.32 Å². The number of fused-ring (bicyclic) bond motifs is 3. The Balaban J connectivity index is 1.50. The normalized spacial score (nSPS) is 22.9. The van der Waals surface area contributed by atoms with Crippen LogP contribution in [0.1, 0.15) is 30.9 Å². The Morgan fingerprint density at radius 2 is 1.63 bits per heavy atom. The summed E-state index contributed by atoms with van der Waals surface area (Å²) in [5.74, 6) is -1.38. The van der Waals surface area contributed by atoms with Crippen LogP contribution in [0.4, 0.5) is 0 Å². The molecular weight excluding hydrogens is 362 g/mol. The first-order valence-electron chi connectivity index (χ1n) is 8.90. The van der Waals surface area contributed by atoms with E-state index in [1.54, 1.807) is 0 Å². The highest BCUT2D eigenvalue weighted by molar-refractivity contribution is 8.02. The van der Waals surface area contributed by atoms with Gasteiger partial charge < -0.3 is 9.84 Å². The number of hydrogen-bond donors (Lipinski definition) is 2. The highest BCUT2D eigenvalue weighted by atomic mass is 32.2. The maximum Gasteiger partial charge on any atom is 0.333 e. The van der Waals surface area contributed by atoms with Crippen molar-refractivity contribution >= 4 is 23.7 Å². The summed E-state index contributed by atoms with van der Waals surface area (Å²) in [6, 6.07) is 15.5. The molecule has 0 amide bonds. The average Bonchev–Trinajstić information content (AvgIpc) is 3.14. The molecule has 140 valence electrons. The Morgan fingerprint density at radius 1 is 1.07 bits per heavy atom. The standard InChI is InChI=1S/C21H21NO4S/c1-21(2)17(19(23)24)22-18(27-21)20(25)26-11-16-14-9-5-3-7-12(14)13-8-4-6-10-15(13)16/h3-10,16-18,22H,11H2,1-2H3,(H,23,24). The number of hydrogen-bond acceptors (Lipinski definition) is 5. The molecule has 1 heterocycles. The van der Waals surface area contributed by atoms with Crippen LogP contribution in [0.15, 0.2) is 48.5 Å². The SMILES string of the molecule is CC1(C)SC(C(=O)OCC2c3ccccc3-c3ccccc32)NC1C(=O)O. The van der Waals surface area contributed by atoms with Gasteiger partial charge in [-0.25, -0.2) is 4.79 Å². The molecule has 6 heteroatoms. The minimum absolute atomic E-state index is 0.00367. The molecule has 2 aromatic rings. The molecule has 2 atom stereocenters. The quantitative estimate of drug-likeness (QED) is 0.790. The number of benzene rings is 2. The van der Waals surface area contributed by atoms with Crippen molar-refractivity contribution in [2.45, 2.75) is 35.9 Å². The minimum Gasteiger partial charge on any atom is -0.480 e. The van der Waals surface area contributed by atoms with E-state index in [9.17, 15) is 14.7 Å². The highest BCUT2D eigenvalue weighted by Crippen LogP contribution is 2.45. The molecule has 0 radical (unpaired) electrons. The number of rotatable bonds is 4. The van der Waals surface area contributed by atoms with Gasteiger partial charge in [0.1, 0.15) is 12.6 Å². The number of nitrogens with one attached hydrogen (secondary N) is 1. The average molecular weight is 383 g/mol. The van der Waals surface area contributed by atoms with Crippen molar-refractivity contribution in [1.82, 2.24) is 5.32 Å². The third-order valence-corrected chi connectivity index (χ3v) is 6.66. The first kappa shape index (κ1) is 18.1. The molecule has 0 bridgehead atoms. The third-order valence-electron chi connectivity index (χ3n) is 5.25. The van der Waals surface area contributed by atoms with Crippen LogP contribution in [0, 0.1) is 0 Å². The monoisotopic (exact) mass is 383 g/mol. The molecule has 1 fully saturated rings. The van der Waals surface area contributed by atoms with Crippen LogP contribution >= 0.6 is 11.8 Å². The topological polar surface area (TPSA) is 75.6 Å². The zero-order valence-electron chi connectivity index (χ0n) is 15.1. The van der Waals surface area contributed by atoms with Crippen LogP contribution in [0.25, 0.3) is 11.1 Å². The van der Waals surface area contributed by atoms with Gasteiger partial charge in [0.25, 0.3) is 0 Å². The highest BCUT2D eigenvalue weighted by Gasteiger charge is 2.48. The Kier molecular flexibility index (Phi) is 4.48. The Bertz CT molecular complexity index is 865. The molecule has 1 saturated heterocycles. The second-order valence-corrected chi connectivity index (χ2v) is 9.16. The van der Waals surface area contributed by atoms with Gasteiger partial charge in [0.2, 0.25) is 0 Å². The lowest BCUT2D eigenvalue weighted by molar-refractivity contribution is -0.144. The largest absolute Gasteiger partial charge is 0.480 e. The van der Waals surface area contributed by atoms with Gasteiger partial charge in [-0.3, -0.25) is 10.1 Å². The molecule has 2 unspecified atom stereocenters. The lowest BCUT2D eigenvalue weighted by Gasteiger charge is -2.20. The molecule has 0 saturated carbocycles. The van der Waals surface area contributed by atoms with Gasteiger partial charge in [-0.05, 0) is 36.1 Å². The Labute approximate surface area is 162 Å². The molecule has 2 aliphatic rings. The lowest BCUT2D eigenvalue weighted by Crippen LogP contribution is -2.46. The van der Waals surface area contributed by atoms with Crippen molar-refractivity contribution in [3.8, 4) is 11.1 Å². The summed E-state index contributed by atoms with van der Waals surface area (Å²) in [5, 5.41) is 11.6. The van der Waals surface area contributed by atoms with E-state index in [4.69, 9.17) is 4.74 Å². The van der Waals surface area contributed by atoms with Crippen LogP contribution in [-0.4, -0.2) is 39.8 Å². The zero-order chi connectivity index (χ0) is 19.2. The number of carbonyl (C=O) groups excluding carboxylic acids is 1. The molecule has 2 aromatic carbocycles. The van der Waals surface area contributed by atoms with Crippen LogP contribution in [0.5, 0.6) is 0 Å². The van der Waals surface area contributed by atoms with Crippen molar-refractivity contribution in [2.24, 2.45) is 0 Å². The van der Waals surface area contributed by atoms with Crippen molar-refractivity contribution in [1.29, 1.82) is 0 Å². The van der Waals surface area contributed by atoms with E-state index in [2.05, 4.69) is 29.6 Å². The van der Waals surface area contributed by atoms with Gasteiger partial charge in [-0.1, -0.05) is 48.5 Å². The molecule has 2 N–H and O–H groups in total. The van der Waals surface area contributed by atoms with E-state index in [0.717, 1.165) is 11.1 Å². The second-order valence-electron chi connectivity index (χ2n) is 7.40. The van der Waals surface area contributed by atoms with Gasteiger partial charge in [0, 0.05) is 10.7 Å². The molecule has 1 aliphatic heterocycles. The zero-order valence-corrected chi connectivity index (χ0v) is 16.0. The number of esters is 1. The number of thioether (sulfide) groups is 1. The fraction of sp³-hybridized carbons (Fsp3) is 0.333. The predicted octanol–water partition coefficient (Wildman–Crippen LogP) is 3.24. The van der Waals surface area contributed by atoms with Crippen molar-refractivity contribution < 1.29 is 19.4 Å². The van der Waals surface area contributed by atoms with Gasteiger partial charge >= 0.3 is 11.9 Å². The van der Waals surface area contributed by atoms with Crippen LogP contribution in [-0.2, 0) is 14.3 Å². The molecule has 5 nitrogen and oxygen atoms in total. The number of aliphatic carboxylic acids is 1. The first-order chi connectivity index (χ1) is 12.9. The van der Waals surface area contributed by atoms with E-state index < -0.39 is 28.1 Å². The number of carboxylic acid groups (broad SMARTS) is 1. The van der Waals surface area contributed by atoms with E-state index in [-0.39, 0.29) is 12.5 Å². The minimum atomic E-state index is -0.957. The summed E-state index contributed by atoms with van der Waals surface area (Å²) >= 11 is 1.30. The maximum atomic E-state index is 12.6. The molecular formula is C21H21NO4S. The summed E-state index contributed by atoms with van der Waals surface area (Å²) in [6.07, 6.45) is 0. The van der Waals surface area contributed by atoms with Crippen molar-refractivity contribution in [3.05, 3.63) is 59.7 Å². The second kappa shape index (κ2) is 6.69. The van der Waals surface area contributed by atoms with Gasteiger partial charge in [0.15, 0.2) is 5.37 Å². The summed E-state index contributed by atoms with van der Waals surface area (Å²) in [6.45, 7) is 3.88. The maximum absolute atomic E-state index is 12.6. The molecule has 0 aromatic heterocycles. The first-order valence-corrected chi connectivity index (χ1v) is 9.78. The summed E-state index contributed by atoms with van der Waals surface area (Å²) in [7, 11) is 0. The molecule has 0 spiro atoms. The fourth-order valence-electron chi connectivity index (χ4n) is 3.92. The van der Waals surface area contributed by atoms with Gasteiger partial charge in [0.05, 0.1) is 0 Å². The van der Waals surface area contributed by atoms with Crippen molar-refractivity contribution in [2.75, 3.05) is 6.61 Å². The smallest absolute Gasteiger partial charge is 0.333 e. The van der Waals surface area contributed by atoms with Crippen molar-refractivity contribution in [3.63, 3.8) is 0 Å².